The first-order valence-corrected chi connectivity index (χ1v) is 5.51. The van der Waals surface area contributed by atoms with Crippen molar-refractivity contribution in [2.24, 2.45) is 0 Å². The largest absolute Gasteiger partial charge is 0.103 e. The average molecular weight is 202 g/mol. The smallest absolute Gasteiger partial charge is 0.0233 e. The molecule has 0 heterocycles. The zero-order chi connectivity index (χ0) is 11.7. The molecule has 0 aromatic heterocycles. The quantitative estimate of drug-likeness (QED) is 0.614. The van der Waals surface area contributed by atoms with Gasteiger partial charge in [-0.05, 0) is 30.9 Å². The van der Waals surface area contributed by atoms with Gasteiger partial charge in [0.2, 0.25) is 0 Å². The summed E-state index contributed by atoms with van der Waals surface area (Å²) in [6, 6.07) is 8.57. The van der Waals surface area contributed by atoms with Crippen LogP contribution < -0.4 is 0 Å². The Kier molecular flexibility index (Phi) is 7.35. The first-order chi connectivity index (χ1) is 7.15. The van der Waals surface area contributed by atoms with Gasteiger partial charge in [-0.15, -0.1) is 6.58 Å². The summed E-state index contributed by atoms with van der Waals surface area (Å²) in [5.41, 5.74) is 3.75. The van der Waals surface area contributed by atoms with Crippen LogP contribution in [0.3, 0.4) is 0 Å². The number of hydrogen-bond donors (Lipinski definition) is 0. The van der Waals surface area contributed by atoms with Crippen molar-refractivity contribution in [3.05, 3.63) is 54.6 Å². The van der Waals surface area contributed by atoms with E-state index in [2.05, 4.69) is 51.3 Å². The molecule has 0 nitrogen and oxygen atoms in total. The molecule has 82 valence electrons. The molecule has 1 aromatic carbocycles. The minimum absolute atomic E-state index is 1.08. The first-order valence-electron chi connectivity index (χ1n) is 5.51. The van der Waals surface area contributed by atoms with Gasteiger partial charge in [-0.3, -0.25) is 0 Å². The number of benzene rings is 1. The van der Waals surface area contributed by atoms with Gasteiger partial charge in [0.25, 0.3) is 0 Å². The lowest BCUT2D eigenvalue weighted by Crippen LogP contribution is -1.81. The molecule has 0 radical (unpaired) electrons. The third kappa shape index (κ3) is 5.90. The number of hydrogen-bond acceptors (Lipinski definition) is 0. The van der Waals surface area contributed by atoms with Gasteiger partial charge in [0.15, 0.2) is 0 Å². The number of allylic oxidation sites excluding steroid dienone is 2. The molecule has 0 spiro atoms. The Labute approximate surface area is 94.3 Å². The molecule has 0 heteroatoms. The fourth-order valence-corrected chi connectivity index (χ4v) is 1.02. The lowest BCUT2D eigenvalue weighted by Gasteiger charge is -2.00. The predicted molar refractivity (Wildman–Crippen MR) is 71.0 cm³/mol. The van der Waals surface area contributed by atoms with E-state index in [-0.39, 0.29) is 0 Å². The van der Waals surface area contributed by atoms with Gasteiger partial charge in [-0.1, -0.05) is 56.3 Å². The molecule has 1 aromatic rings. The zero-order valence-electron chi connectivity index (χ0n) is 10.2. The van der Waals surface area contributed by atoms with Crippen molar-refractivity contribution in [3.8, 4) is 0 Å². The maximum atomic E-state index is 3.88. The summed E-state index contributed by atoms with van der Waals surface area (Å²) in [5, 5.41) is 0. The Morgan fingerprint density at radius 2 is 1.67 bits per heavy atom. The Balaban J connectivity index is 0.000000423. The van der Waals surface area contributed by atoms with Crippen molar-refractivity contribution in [2.75, 3.05) is 0 Å². The first kappa shape index (κ1) is 13.7. The van der Waals surface area contributed by atoms with E-state index in [0.29, 0.717) is 0 Å². The molecule has 15 heavy (non-hydrogen) atoms. The van der Waals surface area contributed by atoms with E-state index in [4.69, 9.17) is 0 Å². The molecule has 0 aliphatic rings. The summed E-state index contributed by atoms with van der Waals surface area (Å²) in [4.78, 5) is 0. The molecule has 0 amide bonds. The maximum absolute atomic E-state index is 3.88. The van der Waals surface area contributed by atoms with Crippen LogP contribution in [0.1, 0.15) is 38.3 Å². The molecular weight excluding hydrogens is 180 g/mol. The van der Waals surface area contributed by atoms with Gasteiger partial charge in [0.1, 0.15) is 0 Å². The molecular formula is C15H22. The molecule has 0 N–H and O–H groups in total. The molecule has 0 aliphatic heterocycles. The summed E-state index contributed by atoms with van der Waals surface area (Å²) in [5.74, 6) is 0. The topological polar surface area (TPSA) is 0 Å². The summed E-state index contributed by atoms with van der Waals surface area (Å²) < 4.78 is 0. The monoisotopic (exact) mass is 202 g/mol. The van der Waals surface area contributed by atoms with Crippen LogP contribution >= 0.6 is 0 Å². The molecule has 0 saturated carbocycles. The van der Waals surface area contributed by atoms with E-state index in [1.54, 1.807) is 0 Å². The van der Waals surface area contributed by atoms with Crippen LogP contribution in [-0.4, -0.2) is 0 Å². The summed E-state index contributed by atoms with van der Waals surface area (Å²) in [7, 11) is 0. The van der Waals surface area contributed by atoms with Crippen LogP contribution in [0.2, 0.25) is 0 Å². The Bertz CT molecular complexity index is 290. The lowest BCUT2D eigenvalue weighted by atomic mass is 10.1. The molecule has 0 bridgehead atoms. The second kappa shape index (κ2) is 8.05. The van der Waals surface area contributed by atoms with Crippen LogP contribution in [0, 0.1) is 0 Å². The highest BCUT2D eigenvalue weighted by Crippen LogP contribution is 2.12. The third-order valence-electron chi connectivity index (χ3n) is 2.14. The Morgan fingerprint density at radius 3 is 1.93 bits per heavy atom. The van der Waals surface area contributed by atoms with Crippen molar-refractivity contribution in [1.82, 2.24) is 0 Å². The van der Waals surface area contributed by atoms with Gasteiger partial charge >= 0.3 is 0 Å². The van der Waals surface area contributed by atoms with Crippen LogP contribution in [0.4, 0.5) is 0 Å². The van der Waals surface area contributed by atoms with E-state index in [9.17, 15) is 0 Å². The van der Waals surface area contributed by atoms with E-state index >= 15 is 0 Å². The normalized spacial score (nSPS) is 8.73. The van der Waals surface area contributed by atoms with Crippen LogP contribution in [0.5, 0.6) is 0 Å². The van der Waals surface area contributed by atoms with E-state index < -0.39 is 0 Å². The highest BCUT2D eigenvalue weighted by atomic mass is 14.0. The van der Waals surface area contributed by atoms with Gasteiger partial charge in [0.05, 0.1) is 0 Å². The van der Waals surface area contributed by atoms with Crippen molar-refractivity contribution >= 4 is 5.57 Å². The van der Waals surface area contributed by atoms with E-state index in [1.807, 2.05) is 13.0 Å². The Hall–Kier alpha value is -1.30. The van der Waals surface area contributed by atoms with Crippen LogP contribution in [-0.2, 0) is 6.42 Å². The maximum Gasteiger partial charge on any atom is -0.0233 e. The molecule has 1 rings (SSSR count). The van der Waals surface area contributed by atoms with Crippen molar-refractivity contribution in [3.63, 3.8) is 0 Å². The van der Waals surface area contributed by atoms with Crippen molar-refractivity contribution in [2.45, 2.75) is 33.6 Å². The van der Waals surface area contributed by atoms with Gasteiger partial charge < -0.3 is 0 Å². The third-order valence-corrected chi connectivity index (χ3v) is 2.14. The summed E-state index contributed by atoms with van der Waals surface area (Å²) in [6.07, 6.45) is 4.07. The van der Waals surface area contributed by atoms with Crippen LogP contribution in [0.25, 0.3) is 5.57 Å². The van der Waals surface area contributed by atoms with Crippen molar-refractivity contribution < 1.29 is 0 Å². The minimum atomic E-state index is 1.08. The fraction of sp³-hybridized carbons (Fsp3) is 0.333. The van der Waals surface area contributed by atoms with Gasteiger partial charge in [0, 0.05) is 0 Å². The van der Waals surface area contributed by atoms with Crippen LogP contribution in [0.15, 0.2) is 43.5 Å². The fourth-order valence-electron chi connectivity index (χ4n) is 1.02. The SMILES string of the molecule is C=C(C)c1ccc(CC)cc1.C=CCC. The molecule has 0 saturated heterocycles. The predicted octanol–water partition coefficient (Wildman–Crippen LogP) is 4.86. The van der Waals surface area contributed by atoms with E-state index in [1.165, 1.54) is 11.1 Å². The average Bonchev–Trinajstić information content (AvgIpc) is 2.29. The standard InChI is InChI=1S/C11H14.C4H8/c1-4-10-5-7-11(8-6-10)9(2)3;1-3-4-2/h5-8H,2,4H2,1,3H3;3H,1,4H2,2H3. The molecule has 0 aliphatic carbocycles. The summed E-state index contributed by atoms with van der Waals surface area (Å²) in [6.45, 7) is 13.6. The second-order valence-electron chi connectivity index (χ2n) is 3.53. The van der Waals surface area contributed by atoms with Crippen molar-refractivity contribution in [1.29, 1.82) is 0 Å². The number of aryl methyl sites for hydroxylation is 1. The minimum Gasteiger partial charge on any atom is -0.103 e. The zero-order valence-corrected chi connectivity index (χ0v) is 10.2. The van der Waals surface area contributed by atoms with Gasteiger partial charge in [-0.25, -0.2) is 0 Å². The summed E-state index contributed by atoms with van der Waals surface area (Å²) >= 11 is 0. The number of rotatable bonds is 3. The molecule has 0 unspecified atom stereocenters. The highest BCUT2D eigenvalue weighted by molar-refractivity contribution is 5.61. The molecule has 0 fully saturated rings. The van der Waals surface area contributed by atoms with Gasteiger partial charge in [-0.2, -0.15) is 0 Å². The Morgan fingerprint density at radius 1 is 1.20 bits per heavy atom. The molecule has 0 atom stereocenters. The second-order valence-corrected chi connectivity index (χ2v) is 3.53. The highest BCUT2D eigenvalue weighted by Gasteiger charge is 1.91. The van der Waals surface area contributed by atoms with E-state index in [0.717, 1.165) is 18.4 Å². The lowest BCUT2D eigenvalue weighted by molar-refractivity contribution is 1.14.